The van der Waals surface area contributed by atoms with E-state index in [0.717, 1.165) is 0 Å². The van der Waals surface area contributed by atoms with Crippen molar-refractivity contribution < 1.29 is 14.6 Å². The molecule has 0 aromatic heterocycles. The molecule has 1 fully saturated rings. The lowest BCUT2D eigenvalue weighted by Crippen LogP contribution is -2.38. The summed E-state index contributed by atoms with van der Waals surface area (Å²) in [5, 5.41) is 12.5. The third kappa shape index (κ3) is 2.93. The molecule has 0 saturated carbocycles. The van der Waals surface area contributed by atoms with Crippen molar-refractivity contribution >= 4 is 13.0 Å². The Morgan fingerprint density at radius 2 is 2.33 bits per heavy atom. The molecular formula is C9H19BN2O3. The fraction of sp³-hybridized carbons (Fsp3) is 0.889. The van der Waals surface area contributed by atoms with E-state index in [9.17, 15) is 9.82 Å². The number of rotatable bonds is 4. The minimum absolute atomic E-state index is 0.0682. The van der Waals surface area contributed by atoms with Crippen molar-refractivity contribution in [3.8, 4) is 0 Å². The predicted octanol–water partition coefficient (Wildman–Crippen LogP) is -0.820. The van der Waals surface area contributed by atoms with Crippen LogP contribution in [0.2, 0.25) is 6.82 Å². The molecular weight excluding hydrogens is 195 g/mol. The van der Waals surface area contributed by atoms with Crippen molar-refractivity contribution in [2.75, 3.05) is 26.7 Å². The number of likely N-dealkylation sites (N-methyl/N-ethyl adjacent to an activating group) is 1. The number of ether oxygens (including phenoxy) is 1. The van der Waals surface area contributed by atoms with E-state index in [2.05, 4.69) is 5.32 Å². The third-order valence-electron chi connectivity index (χ3n) is 2.84. The summed E-state index contributed by atoms with van der Waals surface area (Å²) in [7, 11) is 1.31. The molecule has 0 unspecified atom stereocenters. The van der Waals surface area contributed by atoms with Gasteiger partial charge in [-0.05, 0) is 20.8 Å². The molecule has 0 spiro atoms. The van der Waals surface area contributed by atoms with E-state index in [-0.39, 0.29) is 17.9 Å². The summed E-state index contributed by atoms with van der Waals surface area (Å²) in [5.74, 6) is -0.357. The quantitative estimate of drug-likeness (QED) is 0.473. The van der Waals surface area contributed by atoms with Crippen molar-refractivity contribution in [1.82, 2.24) is 10.1 Å². The lowest BCUT2D eigenvalue weighted by atomic mass is 9.86. The number of nitrogens with one attached hydrogen (secondary N) is 1. The highest BCUT2D eigenvalue weighted by Gasteiger charge is 2.39. The Morgan fingerprint density at radius 3 is 2.80 bits per heavy atom. The predicted molar refractivity (Wildman–Crippen MR) is 58.4 cm³/mol. The average molecular weight is 214 g/mol. The van der Waals surface area contributed by atoms with Gasteiger partial charge in [-0.25, -0.2) is 0 Å². The van der Waals surface area contributed by atoms with Crippen molar-refractivity contribution in [3.63, 3.8) is 0 Å². The zero-order valence-electron chi connectivity index (χ0n) is 9.56. The molecule has 1 heterocycles. The molecule has 1 aliphatic rings. The third-order valence-corrected chi connectivity index (χ3v) is 2.84. The van der Waals surface area contributed by atoms with Gasteiger partial charge in [0.25, 0.3) is 0 Å². The first-order chi connectivity index (χ1) is 7.10. The molecule has 0 aromatic carbocycles. The molecule has 0 radical (unpaired) electrons. The highest BCUT2D eigenvalue weighted by atomic mass is 16.5. The van der Waals surface area contributed by atoms with Gasteiger partial charge in [-0.1, -0.05) is 0 Å². The lowest BCUT2D eigenvalue weighted by molar-refractivity contribution is -0.148. The summed E-state index contributed by atoms with van der Waals surface area (Å²) in [6.07, 6.45) is 0. The van der Waals surface area contributed by atoms with Gasteiger partial charge in [0, 0.05) is 19.1 Å². The summed E-state index contributed by atoms with van der Waals surface area (Å²) in [6.45, 7) is 5.15. The van der Waals surface area contributed by atoms with Gasteiger partial charge in [-0.2, -0.15) is 0 Å². The molecule has 0 aromatic rings. The van der Waals surface area contributed by atoms with E-state index in [1.165, 1.54) is 0 Å². The molecule has 1 aliphatic heterocycles. The molecule has 6 heteroatoms. The fourth-order valence-corrected chi connectivity index (χ4v) is 1.92. The highest BCUT2D eigenvalue weighted by molar-refractivity contribution is 6.45. The van der Waals surface area contributed by atoms with Crippen molar-refractivity contribution in [1.29, 1.82) is 0 Å². The molecule has 15 heavy (non-hydrogen) atoms. The van der Waals surface area contributed by atoms with Gasteiger partial charge >= 0.3 is 13.0 Å². The molecule has 0 amide bonds. The Kier molecular flexibility index (Phi) is 4.57. The normalized spacial score (nSPS) is 26.7. The zero-order valence-corrected chi connectivity index (χ0v) is 9.56. The summed E-state index contributed by atoms with van der Waals surface area (Å²) >= 11 is 0. The highest BCUT2D eigenvalue weighted by Crippen LogP contribution is 2.18. The number of hydrogen-bond donors (Lipinski definition) is 2. The fourth-order valence-electron chi connectivity index (χ4n) is 1.92. The minimum Gasteiger partial charge on any atom is -0.466 e. The second-order valence-electron chi connectivity index (χ2n) is 3.84. The van der Waals surface area contributed by atoms with Gasteiger partial charge in [-0.15, -0.1) is 0 Å². The average Bonchev–Trinajstić information content (AvgIpc) is 2.61. The summed E-state index contributed by atoms with van der Waals surface area (Å²) in [5.41, 5.74) is 0. The van der Waals surface area contributed by atoms with Crippen LogP contribution in [0.25, 0.3) is 0 Å². The standard InChI is InChI=1S/C9H19BN2O3/c1-4-15-9(13)7-5-12(10(2)14)6-8(7)11-3/h7-8,11,14H,4-6H2,1-3H3/t7-,8-/m1/s1. The first-order valence-corrected chi connectivity index (χ1v) is 5.36. The van der Waals surface area contributed by atoms with E-state index >= 15 is 0 Å². The number of esters is 1. The second kappa shape index (κ2) is 5.49. The SMILES string of the molecule is CCOC(=O)[C@@H]1CN(B(C)O)C[C@H]1NC. The van der Waals surface area contributed by atoms with E-state index in [1.54, 1.807) is 13.7 Å². The smallest absolute Gasteiger partial charge is 0.376 e. The van der Waals surface area contributed by atoms with Crippen LogP contribution in [-0.4, -0.2) is 55.6 Å². The number of nitrogens with zero attached hydrogens (tertiary/aromatic N) is 1. The molecule has 86 valence electrons. The Balaban J connectivity index is 2.59. The first kappa shape index (κ1) is 12.5. The largest absolute Gasteiger partial charge is 0.466 e. The van der Waals surface area contributed by atoms with E-state index in [1.807, 2.05) is 11.9 Å². The van der Waals surface area contributed by atoms with Crippen molar-refractivity contribution in [3.05, 3.63) is 0 Å². The van der Waals surface area contributed by atoms with E-state index in [4.69, 9.17) is 4.74 Å². The lowest BCUT2D eigenvalue weighted by Gasteiger charge is -2.15. The topological polar surface area (TPSA) is 61.8 Å². The van der Waals surface area contributed by atoms with Crippen molar-refractivity contribution in [2.45, 2.75) is 19.8 Å². The van der Waals surface area contributed by atoms with Gasteiger partial charge in [0.1, 0.15) is 0 Å². The van der Waals surface area contributed by atoms with Crippen LogP contribution in [0.15, 0.2) is 0 Å². The minimum atomic E-state index is -0.514. The molecule has 0 aliphatic carbocycles. The van der Waals surface area contributed by atoms with Crippen LogP contribution in [-0.2, 0) is 9.53 Å². The zero-order chi connectivity index (χ0) is 11.4. The van der Waals surface area contributed by atoms with Crippen LogP contribution in [0.1, 0.15) is 6.92 Å². The van der Waals surface area contributed by atoms with Crippen LogP contribution in [0, 0.1) is 5.92 Å². The van der Waals surface area contributed by atoms with Gasteiger partial charge in [-0.3, -0.25) is 4.79 Å². The monoisotopic (exact) mass is 214 g/mol. The maximum Gasteiger partial charge on any atom is 0.376 e. The van der Waals surface area contributed by atoms with Crippen LogP contribution in [0.5, 0.6) is 0 Å². The van der Waals surface area contributed by atoms with Gasteiger partial charge in [0.05, 0.1) is 12.5 Å². The Hall–Kier alpha value is -0.585. The molecule has 1 rings (SSSR count). The Bertz CT molecular complexity index is 225. The Labute approximate surface area is 90.9 Å². The van der Waals surface area contributed by atoms with Gasteiger partial charge in [0.2, 0.25) is 0 Å². The van der Waals surface area contributed by atoms with E-state index in [0.29, 0.717) is 19.7 Å². The maximum atomic E-state index is 11.6. The Morgan fingerprint density at radius 1 is 1.67 bits per heavy atom. The first-order valence-electron chi connectivity index (χ1n) is 5.36. The van der Waals surface area contributed by atoms with Crippen molar-refractivity contribution in [2.24, 2.45) is 5.92 Å². The van der Waals surface area contributed by atoms with Crippen LogP contribution in [0.4, 0.5) is 0 Å². The van der Waals surface area contributed by atoms with Crippen LogP contribution in [0.3, 0.4) is 0 Å². The summed E-state index contributed by atoms with van der Waals surface area (Å²) in [4.78, 5) is 13.5. The molecule has 1 saturated heterocycles. The van der Waals surface area contributed by atoms with Crippen LogP contribution >= 0.6 is 0 Å². The number of hydrogen-bond acceptors (Lipinski definition) is 5. The second-order valence-corrected chi connectivity index (χ2v) is 3.84. The molecule has 0 bridgehead atoms. The number of carbonyl (C=O) groups excluding carboxylic acids is 1. The summed E-state index contributed by atoms with van der Waals surface area (Å²) in [6, 6.07) is 0.0682. The van der Waals surface area contributed by atoms with E-state index < -0.39 is 7.05 Å². The van der Waals surface area contributed by atoms with Crippen LogP contribution < -0.4 is 5.32 Å². The summed E-state index contributed by atoms with van der Waals surface area (Å²) < 4.78 is 5.00. The molecule has 2 atom stereocenters. The number of carbonyl (C=O) groups is 1. The molecule has 2 N–H and O–H groups in total. The van der Waals surface area contributed by atoms with Gasteiger partial charge < -0.3 is 19.9 Å². The molecule has 5 nitrogen and oxygen atoms in total. The van der Waals surface area contributed by atoms with Gasteiger partial charge in [0.15, 0.2) is 0 Å². The maximum absolute atomic E-state index is 11.6.